The predicted molar refractivity (Wildman–Crippen MR) is 210 cm³/mol. The molecule has 1 saturated heterocycles. The third-order valence-corrected chi connectivity index (χ3v) is 10.2. The van der Waals surface area contributed by atoms with Crippen molar-refractivity contribution in [2.45, 2.75) is 230 Å². The third kappa shape index (κ3) is 26.7. The van der Waals surface area contributed by atoms with Gasteiger partial charge in [-0.3, -0.25) is 4.79 Å². The van der Waals surface area contributed by atoms with Crippen LogP contribution in [0.15, 0.2) is 12.2 Å². The molecular formula is C43H82O9. The molecule has 0 radical (unpaired) electrons. The summed E-state index contributed by atoms with van der Waals surface area (Å²) in [6, 6.07) is 0. The average Bonchev–Trinajstić information content (AvgIpc) is 3.14. The number of rotatable bonds is 37. The number of hydrogen-bond donors (Lipinski definition) is 4. The number of ether oxygens (including phenoxy) is 4. The Bertz CT molecular complexity index is 807. The van der Waals surface area contributed by atoms with Crippen LogP contribution < -0.4 is 0 Å². The molecule has 0 saturated carbocycles. The number of allylic oxidation sites excluding steroid dienone is 2. The molecule has 52 heavy (non-hydrogen) atoms. The van der Waals surface area contributed by atoms with Crippen molar-refractivity contribution in [3.05, 3.63) is 12.2 Å². The van der Waals surface area contributed by atoms with Crippen LogP contribution in [0.4, 0.5) is 0 Å². The van der Waals surface area contributed by atoms with Gasteiger partial charge in [0.1, 0.15) is 30.5 Å². The molecule has 6 atom stereocenters. The second kappa shape index (κ2) is 35.6. The Kier molecular flexibility index (Phi) is 33.5. The molecule has 1 fully saturated rings. The number of esters is 1. The minimum absolute atomic E-state index is 0.112. The first-order valence-electron chi connectivity index (χ1n) is 21.8. The highest BCUT2D eigenvalue weighted by Crippen LogP contribution is 2.22. The normalized spacial score (nSPS) is 21.2. The molecular weight excluding hydrogens is 660 g/mol. The Morgan fingerprint density at radius 1 is 0.596 bits per heavy atom. The number of aliphatic hydroxyl groups is 4. The van der Waals surface area contributed by atoms with E-state index < -0.39 is 43.4 Å². The smallest absolute Gasteiger partial charge is 0.306 e. The van der Waals surface area contributed by atoms with E-state index in [1.54, 1.807) is 0 Å². The van der Waals surface area contributed by atoms with E-state index in [1.165, 1.54) is 128 Å². The molecule has 1 aliphatic rings. The highest BCUT2D eigenvalue weighted by Gasteiger charge is 2.44. The van der Waals surface area contributed by atoms with Crippen LogP contribution in [-0.4, -0.2) is 89.6 Å². The summed E-state index contributed by atoms with van der Waals surface area (Å²) < 4.78 is 22.8. The maximum Gasteiger partial charge on any atom is 0.306 e. The minimum Gasteiger partial charge on any atom is -0.457 e. The predicted octanol–water partition coefficient (Wildman–Crippen LogP) is 9.25. The number of hydrogen-bond acceptors (Lipinski definition) is 9. The largest absolute Gasteiger partial charge is 0.457 e. The second-order valence-electron chi connectivity index (χ2n) is 15.1. The molecule has 0 bridgehead atoms. The molecule has 308 valence electrons. The van der Waals surface area contributed by atoms with Gasteiger partial charge in [0.05, 0.1) is 19.8 Å². The van der Waals surface area contributed by atoms with Crippen molar-refractivity contribution in [2.24, 2.45) is 0 Å². The van der Waals surface area contributed by atoms with Gasteiger partial charge in [-0.25, -0.2) is 0 Å². The molecule has 1 rings (SSSR count). The van der Waals surface area contributed by atoms with Gasteiger partial charge in [-0.15, -0.1) is 0 Å². The van der Waals surface area contributed by atoms with Crippen molar-refractivity contribution in [1.82, 2.24) is 0 Å². The highest BCUT2D eigenvalue weighted by molar-refractivity contribution is 5.69. The molecule has 6 unspecified atom stereocenters. The van der Waals surface area contributed by atoms with Crippen molar-refractivity contribution in [3.8, 4) is 0 Å². The zero-order valence-electron chi connectivity index (χ0n) is 33.6. The van der Waals surface area contributed by atoms with Crippen LogP contribution in [0.5, 0.6) is 0 Å². The number of carbonyl (C=O) groups is 1. The van der Waals surface area contributed by atoms with Crippen LogP contribution in [0.2, 0.25) is 0 Å². The summed E-state index contributed by atoms with van der Waals surface area (Å²) in [5.41, 5.74) is 0. The van der Waals surface area contributed by atoms with Gasteiger partial charge in [-0.2, -0.15) is 0 Å². The van der Waals surface area contributed by atoms with Crippen molar-refractivity contribution in [1.29, 1.82) is 0 Å². The van der Waals surface area contributed by atoms with E-state index in [0.29, 0.717) is 13.0 Å². The lowest BCUT2D eigenvalue weighted by Gasteiger charge is -2.39. The molecule has 0 spiro atoms. The highest BCUT2D eigenvalue weighted by atomic mass is 16.7. The average molecular weight is 743 g/mol. The fourth-order valence-corrected chi connectivity index (χ4v) is 6.72. The van der Waals surface area contributed by atoms with Gasteiger partial charge in [0.15, 0.2) is 6.29 Å². The first-order valence-corrected chi connectivity index (χ1v) is 21.8. The lowest BCUT2D eigenvalue weighted by molar-refractivity contribution is -0.305. The van der Waals surface area contributed by atoms with Gasteiger partial charge in [-0.1, -0.05) is 161 Å². The van der Waals surface area contributed by atoms with Gasteiger partial charge in [-0.05, 0) is 38.5 Å². The SMILES string of the molecule is CCCCCC/C=C\CCCCCCCC(=O)OC(COCCCCCCCCCCCCCCCCCC)COC1OC(CO)C(O)C(O)C1O. The maximum atomic E-state index is 12.7. The standard InChI is InChI=1S/C43H82O9/c1-3-5-7-9-11-13-15-17-18-19-21-23-25-27-29-31-33-49-35-37(36-50-43-42(48)41(47)40(46)38(34-44)52-43)51-39(45)32-30-28-26-24-22-20-16-14-12-10-8-6-4-2/h14,16,37-38,40-44,46-48H,3-13,15,17-36H2,1-2H3/b16-14-. The van der Waals surface area contributed by atoms with Gasteiger partial charge in [0.25, 0.3) is 0 Å². The molecule has 9 heteroatoms. The third-order valence-electron chi connectivity index (χ3n) is 10.2. The second-order valence-corrected chi connectivity index (χ2v) is 15.1. The van der Waals surface area contributed by atoms with E-state index in [4.69, 9.17) is 18.9 Å². The fourth-order valence-electron chi connectivity index (χ4n) is 6.72. The monoisotopic (exact) mass is 743 g/mol. The van der Waals surface area contributed by atoms with Crippen LogP contribution >= 0.6 is 0 Å². The summed E-state index contributed by atoms with van der Waals surface area (Å²) in [6.45, 7) is 4.56. The summed E-state index contributed by atoms with van der Waals surface area (Å²) >= 11 is 0. The van der Waals surface area contributed by atoms with Gasteiger partial charge >= 0.3 is 5.97 Å². The Labute approximate surface area is 318 Å². The van der Waals surface area contributed by atoms with E-state index >= 15 is 0 Å². The Morgan fingerprint density at radius 2 is 1.06 bits per heavy atom. The van der Waals surface area contributed by atoms with Crippen molar-refractivity contribution in [3.63, 3.8) is 0 Å². The molecule has 0 aromatic carbocycles. The molecule has 1 aliphatic heterocycles. The molecule has 1 heterocycles. The van der Waals surface area contributed by atoms with Gasteiger partial charge < -0.3 is 39.4 Å². The van der Waals surface area contributed by atoms with E-state index in [1.807, 2.05) is 0 Å². The number of aliphatic hydroxyl groups excluding tert-OH is 4. The molecule has 0 amide bonds. The number of unbranched alkanes of at least 4 members (excludes halogenated alkanes) is 24. The van der Waals surface area contributed by atoms with Crippen LogP contribution in [0.1, 0.15) is 194 Å². The topological polar surface area (TPSA) is 135 Å². The fraction of sp³-hybridized carbons (Fsp3) is 0.930. The summed E-state index contributed by atoms with van der Waals surface area (Å²) in [4.78, 5) is 12.7. The Balaban J connectivity index is 2.27. The Morgan fingerprint density at radius 3 is 1.58 bits per heavy atom. The first kappa shape index (κ1) is 48.9. The molecule has 4 N–H and O–H groups in total. The summed E-state index contributed by atoms with van der Waals surface area (Å²) in [6.07, 6.45) is 30.9. The van der Waals surface area contributed by atoms with E-state index in [2.05, 4.69) is 26.0 Å². The lowest BCUT2D eigenvalue weighted by atomic mass is 9.99. The van der Waals surface area contributed by atoms with Crippen molar-refractivity contribution in [2.75, 3.05) is 26.4 Å². The van der Waals surface area contributed by atoms with Gasteiger partial charge in [0, 0.05) is 13.0 Å². The quantitative estimate of drug-likeness (QED) is 0.0279. The van der Waals surface area contributed by atoms with Crippen LogP contribution in [0, 0.1) is 0 Å². The number of carbonyl (C=O) groups excluding carboxylic acids is 1. The molecule has 0 aliphatic carbocycles. The first-order chi connectivity index (χ1) is 25.4. The Hall–Kier alpha value is -1.07. The van der Waals surface area contributed by atoms with E-state index in [0.717, 1.165) is 44.9 Å². The zero-order chi connectivity index (χ0) is 37.9. The minimum atomic E-state index is -1.53. The van der Waals surface area contributed by atoms with E-state index in [9.17, 15) is 25.2 Å². The molecule has 0 aromatic rings. The summed E-state index contributed by atoms with van der Waals surface area (Å²) in [5.74, 6) is -0.320. The van der Waals surface area contributed by atoms with E-state index in [-0.39, 0.29) is 19.2 Å². The molecule has 0 aromatic heterocycles. The van der Waals surface area contributed by atoms with Crippen molar-refractivity contribution < 1.29 is 44.2 Å². The summed E-state index contributed by atoms with van der Waals surface area (Å²) in [5, 5.41) is 40.0. The zero-order valence-corrected chi connectivity index (χ0v) is 33.6. The maximum absolute atomic E-state index is 12.7. The lowest BCUT2D eigenvalue weighted by Crippen LogP contribution is -2.59. The van der Waals surface area contributed by atoms with Crippen molar-refractivity contribution >= 4 is 5.97 Å². The summed E-state index contributed by atoms with van der Waals surface area (Å²) in [7, 11) is 0. The van der Waals surface area contributed by atoms with Crippen LogP contribution in [-0.2, 0) is 23.7 Å². The van der Waals surface area contributed by atoms with Crippen LogP contribution in [0.3, 0.4) is 0 Å². The van der Waals surface area contributed by atoms with Gasteiger partial charge in [0.2, 0.25) is 0 Å². The van der Waals surface area contributed by atoms with Crippen LogP contribution in [0.25, 0.3) is 0 Å². The molecule has 9 nitrogen and oxygen atoms in total.